The largest absolute Gasteiger partial charge is 0.480 e. The topological polar surface area (TPSA) is 49.3 Å². The number of carbonyl (C=O) groups is 1. The van der Waals surface area contributed by atoms with Crippen LogP contribution in [0.25, 0.3) is 0 Å². The van der Waals surface area contributed by atoms with Crippen molar-refractivity contribution in [3.63, 3.8) is 0 Å². The van der Waals surface area contributed by atoms with Gasteiger partial charge < -0.3 is 5.11 Å². The van der Waals surface area contributed by atoms with Crippen molar-refractivity contribution in [2.75, 3.05) is 0 Å². The first-order valence-corrected chi connectivity index (χ1v) is 4.75. The summed E-state index contributed by atoms with van der Waals surface area (Å²) in [5.74, 6) is -0.728. The molecule has 1 aromatic rings. The Labute approximate surface area is 82.8 Å². The number of carboxylic acid groups (broad SMARTS) is 1. The van der Waals surface area contributed by atoms with E-state index < -0.39 is 11.5 Å². The Morgan fingerprint density at radius 3 is 2.50 bits per heavy atom. The van der Waals surface area contributed by atoms with Crippen molar-refractivity contribution in [2.45, 2.75) is 24.9 Å². The molecule has 0 heterocycles. The number of rotatable bonds is 4. The Morgan fingerprint density at radius 2 is 2.00 bits per heavy atom. The zero-order valence-corrected chi connectivity index (χ0v) is 7.86. The Balaban J connectivity index is 1.92. The minimum Gasteiger partial charge on any atom is -0.480 e. The van der Waals surface area contributed by atoms with E-state index in [4.69, 9.17) is 5.11 Å². The smallest absolute Gasteiger partial charge is 0.323 e. The number of nitrogens with one attached hydrogen (secondary N) is 1. The summed E-state index contributed by atoms with van der Waals surface area (Å²) in [6.07, 6.45) is 1.49. The van der Waals surface area contributed by atoms with Crippen molar-refractivity contribution >= 4 is 5.97 Å². The normalized spacial score (nSPS) is 17.7. The van der Waals surface area contributed by atoms with Crippen LogP contribution >= 0.6 is 0 Å². The zero-order chi connectivity index (χ0) is 10.0. The van der Waals surface area contributed by atoms with Gasteiger partial charge in [0.15, 0.2) is 0 Å². The highest BCUT2D eigenvalue weighted by Crippen LogP contribution is 2.35. The number of hydrogen-bond acceptors (Lipinski definition) is 2. The van der Waals surface area contributed by atoms with Crippen molar-refractivity contribution in [2.24, 2.45) is 0 Å². The molecule has 0 saturated heterocycles. The molecular formula is C11H13NO2. The van der Waals surface area contributed by atoms with Crippen molar-refractivity contribution in [3.8, 4) is 0 Å². The molecule has 0 unspecified atom stereocenters. The van der Waals surface area contributed by atoms with Crippen LogP contribution in [0.5, 0.6) is 0 Å². The molecule has 2 N–H and O–H groups in total. The van der Waals surface area contributed by atoms with Gasteiger partial charge >= 0.3 is 5.97 Å². The van der Waals surface area contributed by atoms with Gasteiger partial charge in [0.2, 0.25) is 0 Å². The lowest BCUT2D eigenvalue weighted by atomic mass is 10.2. The first-order valence-electron chi connectivity index (χ1n) is 4.75. The molecule has 74 valence electrons. The second-order valence-electron chi connectivity index (χ2n) is 3.73. The van der Waals surface area contributed by atoms with Crippen LogP contribution in [-0.4, -0.2) is 16.6 Å². The maximum absolute atomic E-state index is 10.8. The van der Waals surface area contributed by atoms with E-state index in [9.17, 15) is 4.79 Å². The molecule has 1 aliphatic rings. The summed E-state index contributed by atoms with van der Waals surface area (Å²) in [5, 5.41) is 12.0. The van der Waals surface area contributed by atoms with Gasteiger partial charge in [-0.2, -0.15) is 0 Å². The van der Waals surface area contributed by atoms with Crippen molar-refractivity contribution in [1.29, 1.82) is 0 Å². The van der Waals surface area contributed by atoms with E-state index in [1.807, 2.05) is 30.3 Å². The summed E-state index contributed by atoms with van der Waals surface area (Å²) < 4.78 is 0. The van der Waals surface area contributed by atoms with Gasteiger partial charge in [0.1, 0.15) is 5.54 Å². The van der Waals surface area contributed by atoms with E-state index in [1.165, 1.54) is 0 Å². The van der Waals surface area contributed by atoms with Crippen LogP contribution in [0.2, 0.25) is 0 Å². The average Bonchev–Trinajstić information content (AvgIpc) is 2.97. The van der Waals surface area contributed by atoms with Crippen LogP contribution in [0.15, 0.2) is 30.3 Å². The Bertz CT molecular complexity index is 330. The molecule has 1 aliphatic carbocycles. The first-order chi connectivity index (χ1) is 6.73. The Kier molecular flexibility index (Phi) is 2.25. The SMILES string of the molecule is O=C(O)C1(NCc2ccccc2)CC1. The summed E-state index contributed by atoms with van der Waals surface area (Å²) in [6.45, 7) is 0.632. The van der Waals surface area contributed by atoms with Crippen LogP contribution in [0.4, 0.5) is 0 Å². The maximum Gasteiger partial charge on any atom is 0.323 e. The fraction of sp³-hybridized carbons (Fsp3) is 0.364. The molecule has 0 aromatic heterocycles. The van der Waals surface area contributed by atoms with Crippen molar-refractivity contribution in [1.82, 2.24) is 5.32 Å². The molecule has 0 aliphatic heterocycles. The third kappa shape index (κ3) is 1.77. The van der Waals surface area contributed by atoms with Crippen LogP contribution in [-0.2, 0) is 11.3 Å². The van der Waals surface area contributed by atoms with Gasteiger partial charge in [-0.1, -0.05) is 30.3 Å². The van der Waals surface area contributed by atoms with Gasteiger partial charge in [-0.3, -0.25) is 10.1 Å². The van der Waals surface area contributed by atoms with E-state index in [1.54, 1.807) is 0 Å². The van der Waals surface area contributed by atoms with Gasteiger partial charge in [-0.25, -0.2) is 0 Å². The molecule has 14 heavy (non-hydrogen) atoms. The van der Waals surface area contributed by atoms with Crippen LogP contribution in [0.3, 0.4) is 0 Å². The van der Waals surface area contributed by atoms with E-state index >= 15 is 0 Å². The molecule has 0 radical (unpaired) electrons. The molecule has 0 bridgehead atoms. The molecular weight excluding hydrogens is 178 g/mol. The zero-order valence-electron chi connectivity index (χ0n) is 7.86. The monoisotopic (exact) mass is 191 g/mol. The number of aliphatic carboxylic acids is 1. The molecule has 1 fully saturated rings. The number of hydrogen-bond donors (Lipinski definition) is 2. The first kappa shape index (κ1) is 9.21. The predicted molar refractivity (Wildman–Crippen MR) is 52.9 cm³/mol. The molecule has 0 spiro atoms. The quantitative estimate of drug-likeness (QED) is 0.756. The van der Waals surface area contributed by atoms with Crippen LogP contribution in [0.1, 0.15) is 18.4 Å². The predicted octanol–water partition coefficient (Wildman–Crippen LogP) is 1.39. The minimum atomic E-state index is -0.728. The third-order valence-corrected chi connectivity index (χ3v) is 2.63. The number of carboxylic acids is 1. The van der Waals surface area contributed by atoms with Gasteiger partial charge in [0.25, 0.3) is 0 Å². The Hall–Kier alpha value is -1.35. The van der Waals surface area contributed by atoms with E-state index in [-0.39, 0.29) is 0 Å². The fourth-order valence-electron chi connectivity index (χ4n) is 1.46. The lowest BCUT2D eigenvalue weighted by molar-refractivity contribution is -0.140. The van der Waals surface area contributed by atoms with Crippen molar-refractivity contribution in [3.05, 3.63) is 35.9 Å². The van der Waals surface area contributed by atoms with E-state index in [2.05, 4.69) is 5.32 Å². The third-order valence-electron chi connectivity index (χ3n) is 2.63. The van der Waals surface area contributed by atoms with E-state index in [0.717, 1.165) is 18.4 Å². The second kappa shape index (κ2) is 3.42. The molecule has 1 saturated carbocycles. The molecule has 3 heteroatoms. The fourth-order valence-corrected chi connectivity index (χ4v) is 1.46. The van der Waals surface area contributed by atoms with Gasteiger partial charge in [0.05, 0.1) is 0 Å². The highest BCUT2D eigenvalue weighted by molar-refractivity contribution is 5.82. The highest BCUT2D eigenvalue weighted by atomic mass is 16.4. The standard InChI is InChI=1S/C11H13NO2/c13-10(14)11(6-7-11)12-8-9-4-2-1-3-5-9/h1-5,12H,6-8H2,(H,13,14). The summed E-state index contributed by atoms with van der Waals surface area (Å²) in [4.78, 5) is 10.8. The Morgan fingerprint density at radius 1 is 1.36 bits per heavy atom. The summed E-state index contributed by atoms with van der Waals surface area (Å²) in [5.41, 5.74) is 0.496. The van der Waals surface area contributed by atoms with Gasteiger partial charge in [0, 0.05) is 6.54 Å². The summed E-state index contributed by atoms with van der Waals surface area (Å²) >= 11 is 0. The maximum atomic E-state index is 10.8. The molecule has 0 atom stereocenters. The lowest BCUT2D eigenvalue weighted by Crippen LogP contribution is -2.38. The lowest BCUT2D eigenvalue weighted by Gasteiger charge is -2.11. The molecule has 1 aromatic carbocycles. The molecule has 0 amide bonds. The summed E-state index contributed by atoms with van der Waals surface area (Å²) in [6, 6.07) is 9.85. The van der Waals surface area contributed by atoms with Gasteiger partial charge in [-0.05, 0) is 18.4 Å². The van der Waals surface area contributed by atoms with Crippen LogP contribution in [0, 0.1) is 0 Å². The van der Waals surface area contributed by atoms with E-state index in [0.29, 0.717) is 6.54 Å². The minimum absolute atomic E-state index is 0.629. The van der Waals surface area contributed by atoms with Gasteiger partial charge in [-0.15, -0.1) is 0 Å². The van der Waals surface area contributed by atoms with Crippen molar-refractivity contribution < 1.29 is 9.90 Å². The molecule has 2 rings (SSSR count). The highest BCUT2D eigenvalue weighted by Gasteiger charge is 2.49. The average molecular weight is 191 g/mol. The van der Waals surface area contributed by atoms with Crippen LogP contribution < -0.4 is 5.32 Å². The summed E-state index contributed by atoms with van der Waals surface area (Å²) in [7, 11) is 0. The molecule has 3 nitrogen and oxygen atoms in total. The number of benzene rings is 1. The second-order valence-corrected chi connectivity index (χ2v) is 3.73.